The van der Waals surface area contributed by atoms with E-state index in [1.807, 2.05) is 24.3 Å². The second-order valence-electron chi connectivity index (χ2n) is 4.37. The SMILES string of the molecule is COc1cccc(CNC(=O)NCC(CC(=O)O)OC)c1. The highest BCUT2D eigenvalue weighted by atomic mass is 16.5. The van der Waals surface area contributed by atoms with Gasteiger partial charge in [-0.3, -0.25) is 4.79 Å². The van der Waals surface area contributed by atoms with Gasteiger partial charge in [-0.25, -0.2) is 4.79 Å². The Balaban J connectivity index is 2.34. The maximum absolute atomic E-state index is 11.6. The molecule has 0 aliphatic rings. The van der Waals surface area contributed by atoms with Crippen LogP contribution in [-0.4, -0.2) is 44.0 Å². The van der Waals surface area contributed by atoms with Crippen LogP contribution >= 0.6 is 0 Å². The van der Waals surface area contributed by atoms with Crippen molar-refractivity contribution < 1.29 is 24.2 Å². The molecule has 0 aromatic heterocycles. The van der Waals surface area contributed by atoms with E-state index in [2.05, 4.69) is 10.6 Å². The van der Waals surface area contributed by atoms with Crippen molar-refractivity contribution in [1.82, 2.24) is 10.6 Å². The van der Waals surface area contributed by atoms with Gasteiger partial charge in [0.1, 0.15) is 5.75 Å². The Kier molecular flexibility index (Phi) is 7.03. The Bertz CT molecular complexity index is 478. The molecule has 1 rings (SSSR count). The largest absolute Gasteiger partial charge is 0.497 e. The Morgan fingerprint density at radius 3 is 2.67 bits per heavy atom. The van der Waals surface area contributed by atoms with Crippen molar-refractivity contribution in [2.45, 2.75) is 19.1 Å². The summed E-state index contributed by atoms with van der Waals surface area (Å²) in [6.45, 7) is 0.479. The number of carboxylic acids is 1. The fourth-order valence-corrected chi connectivity index (χ4v) is 1.67. The quantitative estimate of drug-likeness (QED) is 0.664. The van der Waals surface area contributed by atoms with E-state index >= 15 is 0 Å². The topological polar surface area (TPSA) is 96.9 Å². The summed E-state index contributed by atoms with van der Waals surface area (Å²) in [6, 6.07) is 6.96. The van der Waals surface area contributed by atoms with Crippen LogP contribution < -0.4 is 15.4 Å². The molecule has 0 spiro atoms. The molecule has 0 aliphatic carbocycles. The molecule has 0 heterocycles. The summed E-state index contributed by atoms with van der Waals surface area (Å²) in [7, 11) is 2.98. The molecule has 1 aromatic carbocycles. The number of carbonyl (C=O) groups excluding carboxylic acids is 1. The molecule has 0 saturated carbocycles. The summed E-state index contributed by atoms with van der Waals surface area (Å²) in [5.41, 5.74) is 0.901. The zero-order valence-electron chi connectivity index (χ0n) is 12.1. The third-order valence-electron chi connectivity index (χ3n) is 2.81. The number of urea groups is 1. The number of nitrogens with one attached hydrogen (secondary N) is 2. The number of carboxylic acid groups (broad SMARTS) is 1. The van der Waals surface area contributed by atoms with Gasteiger partial charge in [0.05, 0.1) is 19.6 Å². The minimum Gasteiger partial charge on any atom is -0.497 e. The summed E-state index contributed by atoms with van der Waals surface area (Å²) < 4.78 is 10.1. The molecule has 1 aromatic rings. The lowest BCUT2D eigenvalue weighted by Crippen LogP contribution is -2.40. The first-order valence-corrected chi connectivity index (χ1v) is 6.44. The lowest BCUT2D eigenvalue weighted by atomic mass is 10.2. The van der Waals surface area contributed by atoms with E-state index in [0.29, 0.717) is 6.54 Å². The van der Waals surface area contributed by atoms with Gasteiger partial charge in [0.15, 0.2) is 0 Å². The number of hydrogen-bond donors (Lipinski definition) is 3. The van der Waals surface area contributed by atoms with Gasteiger partial charge in [-0.1, -0.05) is 12.1 Å². The van der Waals surface area contributed by atoms with Crippen LogP contribution in [0.1, 0.15) is 12.0 Å². The third-order valence-corrected chi connectivity index (χ3v) is 2.81. The monoisotopic (exact) mass is 296 g/mol. The molecule has 2 amide bonds. The number of hydrogen-bond acceptors (Lipinski definition) is 4. The van der Waals surface area contributed by atoms with Crippen molar-refractivity contribution in [3.05, 3.63) is 29.8 Å². The first kappa shape index (κ1) is 16.8. The maximum Gasteiger partial charge on any atom is 0.315 e. The molecule has 1 unspecified atom stereocenters. The second-order valence-corrected chi connectivity index (χ2v) is 4.37. The first-order chi connectivity index (χ1) is 10.0. The highest BCUT2D eigenvalue weighted by molar-refractivity contribution is 5.74. The zero-order valence-corrected chi connectivity index (χ0v) is 12.1. The standard InChI is InChI=1S/C14H20N2O5/c1-20-11-5-3-4-10(6-11)8-15-14(19)16-9-12(21-2)7-13(17)18/h3-6,12H,7-9H2,1-2H3,(H,17,18)(H2,15,16,19). The van der Waals surface area contributed by atoms with Gasteiger partial charge in [-0.05, 0) is 17.7 Å². The van der Waals surface area contributed by atoms with Crippen molar-refractivity contribution in [2.75, 3.05) is 20.8 Å². The third kappa shape index (κ3) is 6.62. The normalized spacial score (nSPS) is 11.5. The number of ether oxygens (including phenoxy) is 2. The van der Waals surface area contributed by atoms with Gasteiger partial charge >= 0.3 is 12.0 Å². The molecule has 3 N–H and O–H groups in total. The van der Waals surface area contributed by atoms with E-state index < -0.39 is 12.1 Å². The van der Waals surface area contributed by atoms with Crippen molar-refractivity contribution in [1.29, 1.82) is 0 Å². The predicted octanol–water partition coefficient (Wildman–Crippen LogP) is 0.984. The molecule has 0 aliphatic heterocycles. The van der Waals surface area contributed by atoms with Crippen LogP contribution in [0.25, 0.3) is 0 Å². The number of amides is 2. The van der Waals surface area contributed by atoms with Crippen LogP contribution in [-0.2, 0) is 16.1 Å². The average molecular weight is 296 g/mol. The molecule has 0 bridgehead atoms. The number of aliphatic carboxylic acids is 1. The predicted molar refractivity (Wildman–Crippen MR) is 76.3 cm³/mol. The lowest BCUT2D eigenvalue weighted by Gasteiger charge is -2.14. The summed E-state index contributed by atoms with van der Waals surface area (Å²) in [4.78, 5) is 22.2. The van der Waals surface area contributed by atoms with Gasteiger partial charge in [0.25, 0.3) is 0 Å². The molecule has 0 saturated heterocycles. The Morgan fingerprint density at radius 1 is 1.29 bits per heavy atom. The summed E-state index contributed by atoms with van der Waals surface area (Å²) in [5, 5.41) is 13.9. The van der Waals surface area contributed by atoms with E-state index in [-0.39, 0.29) is 19.0 Å². The van der Waals surface area contributed by atoms with Crippen LogP contribution in [0.3, 0.4) is 0 Å². The maximum atomic E-state index is 11.6. The van der Waals surface area contributed by atoms with Crippen LogP contribution in [0.15, 0.2) is 24.3 Å². The summed E-state index contributed by atoms with van der Waals surface area (Å²) in [5.74, 6) is -0.254. The van der Waals surface area contributed by atoms with Gasteiger partial charge in [-0.2, -0.15) is 0 Å². The molecule has 116 valence electrons. The lowest BCUT2D eigenvalue weighted by molar-refractivity contribution is -0.139. The second kappa shape index (κ2) is 8.80. The Hall–Kier alpha value is -2.28. The minimum absolute atomic E-state index is 0.132. The van der Waals surface area contributed by atoms with Gasteiger partial charge in [-0.15, -0.1) is 0 Å². The summed E-state index contributed by atoms with van der Waals surface area (Å²) in [6.07, 6.45) is -0.711. The van der Waals surface area contributed by atoms with E-state index in [0.717, 1.165) is 11.3 Å². The van der Waals surface area contributed by atoms with Crippen molar-refractivity contribution >= 4 is 12.0 Å². The van der Waals surface area contributed by atoms with Crippen molar-refractivity contribution in [3.8, 4) is 5.75 Å². The smallest absolute Gasteiger partial charge is 0.315 e. The average Bonchev–Trinajstić information content (AvgIpc) is 2.49. The van der Waals surface area contributed by atoms with Crippen molar-refractivity contribution in [3.63, 3.8) is 0 Å². The summed E-state index contributed by atoms with van der Waals surface area (Å²) >= 11 is 0. The zero-order chi connectivity index (χ0) is 15.7. The van der Waals surface area contributed by atoms with Crippen molar-refractivity contribution in [2.24, 2.45) is 0 Å². The molecule has 1 atom stereocenters. The van der Waals surface area contributed by atoms with E-state index in [1.165, 1.54) is 7.11 Å². The van der Waals surface area contributed by atoms with E-state index in [9.17, 15) is 9.59 Å². The number of carbonyl (C=O) groups is 2. The Morgan fingerprint density at radius 2 is 2.05 bits per heavy atom. The fourth-order valence-electron chi connectivity index (χ4n) is 1.67. The number of benzene rings is 1. The highest BCUT2D eigenvalue weighted by Gasteiger charge is 2.13. The number of methoxy groups -OCH3 is 2. The molecule has 7 nitrogen and oxygen atoms in total. The molecule has 21 heavy (non-hydrogen) atoms. The first-order valence-electron chi connectivity index (χ1n) is 6.44. The van der Waals surface area contributed by atoms with E-state index in [1.54, 1.807) is 7.11 Å². The van der Waals surface area contributed by atoms with Crippen LogP contribution in [0.4, 0.5) is 4.79 Å². The van der Waals surface area contributed by atoms with Gasteiger partial charge in [0.2, 0.25) is 0 Å². The number of rotatable bonds is 8. The molecule has 0 fully saturated rings. The Labute approximate surface area is 123 Å². The fraction of sp³-hybridized carbons (Fsp3) is 0.429. The highest BCUT2D eigenvalue weighted by Crippen LogP contribution is 2.11. The van der Waals surface area contributed by atoms with Gasteiger partial charge < -0.3 is 25.2 Å². The van der Waals surface area contributed by atoms with Crippen LogP contribution in [0.2, 0.25) is 0 Å². The molecule has 7 heteroatoms. The van der Waals surface area contributed by atoms with Gasteiger partial charge in [0, 0.05) is 20.2 Å². The van der Waals surface area contributed by atoms with E-state index in [4.69, 9.17) is 14.6 Å². The van der Waals surface area contributed by atoms with Crippen LogP contribution in [0, 0.1) is 0 Å². The minimum atomic E-state index is -0.972. The van der Waals surface area contributed by atoms with Crippen LogP contribution in [0.5, 0.6) is 5.75 Å². The molecular weight excluding hydrogens is 276 g/mol. The molecular formula is C14H20N2O5. The molecule has 0 radical (unpaired) electrons.